The highest BCUT2D eigenvalue weighted by molar-refractivity contribution is 5.85. The van der Waals surface area contributed by atoms with Crippen LogP contribution in [0, 0.1) is 5.92 Å². The Kier molecular flexibility index (Phi) is 4.23. The highest BCUT2D eigenvalue weighted by Gasteiger charge is 2.33. The van der Waals surface area contributed by atoms with Gasteiger partial charge in [0.15, 0.2) is 0 Å². The van der Waals surface area contributed by atoms with Crippen molar-refractivity contribution in [2.45, 2.75) is 38.8 Å². The summed E-state index contributed by atoms with van der Waals surface area (Å²) in [5.74, 6) is 5.40. The third-order valence-corrected chi connectivity index (χ3v) is 2.85. The molecule has 0 aliphatic carbocycles. The van der Waals surface area contributed by atoms with Gasteiger partial charge >= 0.3 is 0 Å². The lowest BCUT2D eigenvalue weighted by Gasteiger charge is -2.27. The molecule has 15 heavy (non-hydrogen) atoms. The van der Waals surface area contributed by atoms with Crippen LogP contribution in [-0.4, -0.2) is 35.7 Å². The van der Waals surface area contributed by atoms with E-state index in [1.807, 2.05) is 13.8 Å². The molecule has 0 aromatic carbocycles. The van der Waals surface area contributed by atoms with Crippen molar-refractivity contribution < 1.29 is 9.59 Å². The molecule has 86 valence electrons. The maximum atomic E-state index is 12.0. The molecule has 0 bridgehead atoms. The van der Waals surface area contributed by atoms with Crippen LogP contribution in [-0.2, 0) is 9.59 Å². The van der Waals surface area contributed by atoms with E-state index in [-0.39, 0.29) is 17.9 Å². The van der Waals surface area contributed by atoms with E-state index < -0.39 is 6.04 Å². The Balaban J connectivity index is 2.69. The summed E-state index contributed by atoms with van der Waals surface area (Å²) in [7, 11) is 0. The van der Waals surface area contributed by atoms with Crippen molar-refractivity contribution in [3.63, 3.8) is 0 Å². The largest absolute Gasteiger partial charge is 0.332 e. The Labute approximate surface area is 90.0 Å². The second kappa shape index (κ2) is 5.23. The number of hydrogen-bond donors (Lipinski definition) is 2. The smallest absolute Gasteiger partial charge is 0.241 e. The van der Waals surface area contributed by atoms with Gasteiger partial charge in [0.05, 0.1) is 6.04 Å². The van der Waals surface area contributed by atoms with Gasteiger partial charge in [-0.15, -0.1) is 0 Å². The Morgan fingerprint density at radius 3 is 2.73 bits per heavy atom. The average Bonchev–Trinajstić information content (AvgIpc) is 2.65. The molecule has 5 heteroatoms. The minimum absolute atomic E-state index is 0.0675. The summed E-state index contributed by atoms with van der Waals surface area (Å²) in [4.78, 5) is 24.4. The van der Waals surface area contributed by atoms with Gasteiger partial charge in [-0.25, -0.2) is 5.43 Å². The number of likely N-dealkylation sites (tertiary alicyclic amines) is 1. The SMILES string of the molecule is CC(C)[C@H](NN)C(=O)N1CCC[C@H]1C=O. The Morgan fingerprint density at radius 2 is 2.27 bits per heavy atom. The van der Waals surface area contributed by atoms with Crippen LogP contribution in [0.25, 0.3) is 0 Å². The van der Waals surface area contributed by atoms with Gasteiger partial charge in [-0.2, -0.15) is 0 Å². The van der Waals surface area contributed by atoms with Gasteiger partial charge in [-0.05, 0) is 18.8 Å². The highest BCUT2D eigenvalue weighted by Crippen LogP contribution is 2.18. The highest BCUT2D eigenvalue weighted by atomic mass is 16.2. The maximum Gasteiger partial charge on any atom is 0.241 e. The van der Waals surface area contributed by atoms with Crippen molar-refractivity contribution >= 4 is 12.2 Å². The fraction of sp³-hybridized carbons (Fsp3) is 0.800. The minimum Gasteiger partial charge on any atom is -0.332 e. The first-order chi connectivity index (χ1) is 7.11. The third-order valence-electron chi connectivity index (χ3n) is 2.85. The number of rotatable bonds is 4. The van der Waals surface area contributed by atoms with Crippen LogP contribution >= 0.6 is 0 Å². The third kappa shape index (κ3) is 2.54. The normalized spacial score (nSPS) is 23.2. The predicted octanol–water partition coefficient (Wildman–Crippen LogP) is -0.336. The van der Waals surface area contributed by atoms with Crippen molar-refractivity contribution in [1.29, 1.82) is 0 Å². The zero-order chi connectivity index (χ0) is 11.4. The number of carbonyl (C=O) groups excluding carboxylic acids is 2. The van der Waals surface area contributed by atoms with Gasteiger partial charge in [-0.3, -0.25) is 10.6 Å². The lowest BCUT2D eigenvalue weighted by atomic mass is 10.0. The number of nitrogens with one attached hydrogen (secondary N) is 1. The predicted molar refractivity (Wildman–Crippen MR) is 56.7 cm³/mol. The summed E-state index contributed by atoms with van der Waals surface area (Å²) >= 11 is 0. The minimum atomic E-state index is -0.398. The maximum absolute atomic E-state index is 12.0. The molecule has 2 atom stereocenters. The lowest BCUT2D eigenvalue weighted by Crippen LogP contribution is -2.53. The van der Waals surface area contributed by atoms with Gasteiger partial charge in [0.2, 0.25) is 5.91 Å². The van der Waals surface area contributed by atoms with E-state index in [2.05, 4.69) is 5.43 Å². The zero-order valence-electron chi connectivity index (χ0n) is 9.27. The fourth-order valence-corrected chi connectivity index (χ4v) is 1.94. The Morgan fingerprint density at radius 1 is 1.60 bits per heavy atom. The molecule has 1 heterocycles. The molecule has 1 saturated heterocycles. The monoisotopic (exact) mass is 213 g/mol. The van der Waals surface area contributed by atoms with Crippen molar-refractivity contribution in [2.24, 2.45) is 11.8 Å². The summed E-state index contributed by atoms with van der Waals surface area (Å²) in [6.07, 6.45) is 2.51. The summed E-state index contributed by atoms with van der Waals surface area (Å²) in [5, 5.41) is 0. The van der Waals surface area contributed by atoms with Crippen LogP contribution in [0.5, 0.6) is 0 Å². The summed E-state index contributed by atoms with van der Waals surface area (Å²) in [6, 6.07) is -0.655. The van der Waals surface area contributed by atoms with Gasteiger partial charge in [0.25, 0.3) is 0 Å². The van der Waals surface area contributed by atoms with Crippen LogP contribution in [0.4, 0.5) is 0 Å². The molecule has 0 aromatic rings. The molecule has 1 amide bonds. The van der Waals surface area contributed by atoms with Crippen LogP contribution in [0.15, 0.2) is 0 Å². The molecule has 0 saturated carbocycles. The molecule has 0 spiro atoms. The van der Waals surface area contributed by atoms with Gasteiger partial charge < -0.3 is 9.69 Å². The molecule has 1 aliphatic heterocycles. The second-order valence-corrected chi connectivity index (χ2v) is 4.27. The molecule has 0 unspecified atom stereocenters. The molecular weight excluding hydrogens is 194 g/mol. The number of aldehydes is 1. The Bertz CT molecular complexity index is 243. The Hall–Kier alpha value is -0.940. The molecule has 0 aromatic heterocycles. The van der Waals surface area contributed by atoms with Gasteiger partial charge in [0, 0.05) is 6.54 Å². The van der Waals surface area contributed by atoms with E-state index in [0.717, 1.165) is 19.1 Å². The first-order valence-corrected chi connectivity index (χ1v) is 5.33. The quantitative estimate of drug-likeness (QED) is 0.381. The van der Waals surface area contributed by atoms with Crippen molar-refractivity contribution in [1.82, 2.24) is 10.3 Å². The summed E-state index contributed by atoms with van der Waals surface area (Å²) < 4.78 is 0. The van der Waals surface area contributed by atoms with E-state index in [1.54, 1.807) is 4.90 Å². The summed E-state index contributed by atoms with van der Waals surface area (Å²) in [5.41, 5.74) is 2.52. The second-order valence-electron chi connectivity index (χ2n) is 4.27. The number of hydrogen-bond acceptors (Lipinski definition) is 4. The van der Waals surface area contributed by atoms with E-state index in [0.29, 0.717) is 6.54 Å². The van der Waals surface area contributed by atoms with E-state index in [9.17, 15) is 9.59 Å². The molecular formula is C10H19N3O2. The van der Waals surface area contributed by atoms with Crippen molar-refractivity contribution in [3.8, 4) is 0 Å². The van der Waals surface area contributed by atoms with Crippen LogP contribution in [0.3, 0.4) is 0 Å². The fourth-order valence-electron chi connectivity index (χ4n) is 1.94. The van der Waals surface area contributed by atoms with Crippen molar-refractivity contribution in [3.05, 3.63) is 0 Å². The van der Waals surface area contributed by atoms with E-state index in [1.165, 1.54) is 0 Å². The summed E-state index contributed by atoms with van der Waals surface area (Å²) in [6.45, 7) is 4.51. The number of amides is 1. The van der Waals surface area contributed by atoms with Crippen molar-refractivity contribution in [2.75, 3.05) is 6.54 Å². The first kappa shape index (κ1) is 12.1. The number of nitrogens with two attached hydrogens (primary N) is 1. The molecule has 1 aliphatic rings. The molecule has 0 radical (unpaired) electrons. The van der Waals surface area contributed by atoms with Crippen LogP contribution < -0.4 is 11.3 Å². The van der Waals surface area contributed by atoms with E-state index in [4.69, 9.17) is 5.84 Å². The number of carbonyl (C=O) groups is 2. The lowest BCUT2D eigenvalue weighted by molar-refractivity contribution is -0.137. The van der Waals surface area contributed by atoms with Gasteiger partial charge in [-0.1, -0.05) is 13.8 Å². The molecule has 1 fully saturated rings. The number of nitrogens with zero attached hydrogens (tertiary/aromatic N) is 1. The van der Waals surface area contributed by atoms with Crippen LogP contribution in [0.2, 0.25) is 0 Å². The molecule has 5 nitrogen and oxygen atoms in total. The van der Waals surface area contributed by atoms with E-state index >= 15 is 0 Å². The topological polar surface area (TPSA) is 75.4 Å². The molecule has 3 N–H and O–H groups in total. The standard InChI is InChI=1S/C10H19N3O2/c1-7(2)9(12-11)10(15)13-5-3-4-8(13)6-14/h6-9,12H,3-5,11H2,1-2H3/t8-,9-/m0/s1. The zero-order valence-corrected chi connectivity index (χ0v) is 9.27. The first-order valence-electron chi connectivity index (χ1n) is 5.33. The van der Waals surface area contributed by atoms with Gasteiger partial charge in [0.1, 0.15) is 12.3 Å². The van der Waals surface area contributed by atoms with Crippen LogP contribution in [0.1, 0.15) is 26.7 Å². The average molecular weight is 213 g/mol. The number of hydrazine groups is 1. The molecule has 1 rings (SSSR count).